The lowest BCUT2D eigenvalue weighted by atomic mass is 10.2. The van der Waals surface area contributed by atoms with Gasteiger partial charge in [0, 0.05) is 32.3 Å². The fourth-order valence-corrected chi connectivity index (χ4v) is 5.03. The molecule has 1 N–H and O–H groups in total. The average molecular weight is 429 g/mol. The molecule has 1 aliphatic rings. The van der Waals surface area contributed by atoms with Crippen molar-refractivity contribution in [2.45, 2.75) is 44.0 Å². The quantitative estimate of drug-likeness (QED) is 0.618. The van der Waals surface area contributed by atoms with E-state index in [2.05, 4.69) is 20.6 Å². The lowest BCUT2D eigenvalue weighted by Gasteiger charge is -2.15. The number of hydrogen-bond donors (Lipinski definition) is 1. The molecule has 3 aromatic rings. The van der Waals surface area contributed by atoms with Crippen molar-refractivity contribution >= 4 is 32.8 Å². The maximum Gasteiger partial charge on any atom is 0.243 e. The van der Waals surface area contributed by atoms with Gasteiger partial charge in [-0.1, -0.05) is 11.3 Å². The van der Waals surface area contributed by atoms with Crippen molar-refractivity contribution in [1.29, 1.82) is 0 Å². The van der Waals surface area contributed by atoms with Crippen molar-refractivity contribution < 1.29 is 13.2 Å². The monoisotopic (exact) mass is 428 g/mol. The van der Waals surface area contributed by atoms with Crippen LogP contribution >= 0.6 is 0 Å². The second kappa shape index (κ2) is 8.49. The van der Waals surface area contributed by atoms with Crippen LogP contribution in [0.25, 0.3) is 11.0 Å². The maximum atomic E-state index is 12.7. The Hall–Kier alpha value is -2.85. The first kappa shape index (κ1) is 20.4. The highest BCUT2D eigenvalue weighted by Crippen LogP contribution is 2.23. The van der Waals surface area contributed by atoms with Crippen LogP contribution in [-0.4, -0.2) is 51.7 Å². The predicted octanol–water partition coefficient (Wildman–Crippen LogP) is 2.34. The Morgan fingerprint density at radius 3 is 2.70 bits per heavy atom. The van der Waals surface area contributed by atoms with Crippen molar-refractivity contribution in [3.05, 3.63) is 42.1 Å². The predicted molar refractivity (Wildman–Crippen MR) is 112 cm³/mol. The molecular formula is C20H24N6O3S. The molecule has 30 heavy (non-hydrogen) atoms. The third-order valence-corrected chi connectivity index (χ3v) is 7.04. The van der Waals surface area contributed by atoms with Gasteiger partial charge in [-0.3, -0.25) is 4.79 Å². The number of anilines is 1. The lowest BCUT2D eigenvalue weighted by molar-refractivity contribution is -0.116. The molecule has 9 nitrogen and oxygen atoms in total. The first-order chi connectivity index (χ1) is 14.4. The largest absolute Gasteiger partial charge is 0.311 e. The zero-order chi connectivity index (χ0) is 21.1. The van der Waals surface area contributed by atoms with Crippen LogP contribution in [0.1, 0.15) is 31.2 Å². The van der Waals surface area contributed by atoms with Gasteiger partial charge in [-0.25, -0.2) is 18.1 Å². The van der Waals surface area contributed by atoms with Gasteiger partial charge in [0.25, 0.3) is 0 Å². The van der Waals surface area contributed by atoms with E-state index in [0.29, 0.717) is 43.8 Å². The van der Waals surface area contributed by atoms with E-state index in [1.54, 1.807) is 35.1 Å². The number of pyridine rings is 1. The fourth-order valence-electron chi connectivity index (χ4n) is 3.49. The van der Waals surface area contributed by atoms with E-state index in [-0.39, 0.29) is 10.8 Å². The summed E-state index contributed by atoms with van der Waals surface area (Å²) in [5, 5.41) is 11.0. The second-order valence-electron chi connectivity index (χ2n) is 7.45. The molecule has 1 aromatic carbocycles. The Morgan fingerprint density at radius 1 is 1.17 bits per heavy atom. The molecular weight excluding hydrogens is 404 g/mol. The Bertz CT molecular complexity index is 1150. The number of nitrogens with one attached hydrogen (secondary N) is 1. The van der Waals surface area contributed by atoms with E-state index in [9.17, 15) is 13.2 Å². The highest BCUT2D eigenvalue weighted by atomic mass is 32.2. The molecule has 1 fully saturated rings. The fraction of sp³-hybridized carbons (Fsp3) is 0.400. The molecule has 2 aromatic heterocycles. The summed E-state index contributed by atoms with van der Waals surface area (Å²) in [6.07, 6.45) is 4.38. The van der Waals surface area contributed by atoms with Crippen LogP contribution in [0, 0.1) is 6.92 Å². The van der Waals surface area contributed by atoms with Crippen molar-refractivity contribution in [3.8, 4) is 0 Å². The minimum absolute atomic E-state index is 0.116. The molecule has 10 heteroatoms. The third-order valence-electron chi connectivity index (χ3n) is 5.14. The Labute approximate surface area is 175 Å². The summed E-state index contributed by atoms with van der Waals surface area (Å²) in [4.78, 5) is 16.5. The minimum Gasteiger partial charge on any atom is -0.311 e. The normalized spacial score (nSPS) is 15.0. The van der Waals surface area contributed by atoms with E-state index < -0.39 is 10.0 Å². The third kappa shape index (κ3) is 4.34. The molecule has 0 unspecified atom stereocenters. The van der Waals surface area contributed by atoms with Gasteiger partial charge in [0.1, 0.15) is 11.3 Å². The number of rotatable bonds is 7. The molecule has 0 atom stereocenters. The molecule has 0 radical (unpaired) electrons. The van der Waals surface area contributed by atoms with Crippen molar-refractivity contribution in [2.75, 3.05) is 18.4 Å². The van der Waals surface area contributed by atoms with Crippen LogP contribution in [0.4, 0.5) is 5.82 Å². The Kier molecular flexibility index (Phi) is 5.78. The number of amides is 1. The van der Waals surface area contributed by atoms with Crippen molar-refractivity contribution in [2.24, 2.45) is 0 Å². The van der Waals surface area contributed by atoms with Crippen LogP contribution in [0.3, 0.4) is 0 Å². The van der Waals surface area contributed by atoms with Gasteiger partial charge >= 0.3 is 0 Å². The summed E-state index contributed by atoms with van der Waals surface area (Å²) in [7, 11) is -3.48. The number of benzene rings is 1. The number of aryl methyl sites for hydroxylation is 2. The standard InChI is InChI=1S/C20H24N6O3S/c1-15-6-9-19(21-14-15)22-20(27)5-4-12-26-18-8-7-16(13-17(18)23-24-26)30(28,29)25-10-2-3-11-25/h6-9,13-14H,2-5,10-12H2,1H3,(H,21,22,27). The van der Waals surface area contributed by atoms with Crippen LogP contribution in [-0.2, 0) is 21.4 Å². The summed E-state index contributed by atoms with van der Waals surface area (Å²) < 4.78 is 28.7. The number of sulfonamides is 1. The molecule has 4 rings (SSSR count). The summed E-state index contributed by atoms with van der Waals surface area (Å²) in [5.74, 6) is 0.415. The van der Waals surface area contributed by atoms with Crippen LogP contribution in [0.5, 0.6) is 0 Å². The topological polar surface area (TPSA) is 110 Å². The number of nitrogens with zero attached hydrogens (tertiary/aromatic N) is 5. The van der Waals surface area contributed by atoms with Crippen molar-refractivity contribution in [3.63, 3.8) is 0 Å². The highest BCUT2D eigenvalue weighted by molar-refractivity contribution is 7.89. The van der Waals surface area contributed by atoms with Gasteiger partial charge in [-0.05, 0) is 56.0 Å². The molecule has 0 bridgehead atoms. The molecule has 1 amide bonds. The maximum absolute atomic E-state index is 12.7. The first-order valence-electron chi connectivity index (χ1n) is 9.99. The molecule has 3 heterocycles. The molecule has 1 saturated heterocycles. The number of aromatic nitrogens is 4. The molecule has 0 aliphatic carbocycles. The summed E-state index contributed by atoms with van der Waals surface area (Å²) in [5.41, 5.74) is 2.31. The molecule has 0 spiro atoms. The lowest BCUT2D eigenvalue weighted by Crippen LogP contribution is -2.27. The number of hydrogen-bond acceptors (Lipinski definition) is 6. The van der Waals surface area contributed by atoms with E-state index in [0.717, 1.165) is 23.9 Å². The first-order valence-corrected chi connectivity index (χ1v) is 11.4. The Balaban J connectivity index is 1.38. The summed E-state index contributed by atoms with van der Waals surface area (Å²) >= 11 is 0. The number of carbonyl (C=O) groups is 1. The van der Waals surface area contributed by atoms with Gasteiger partial charge < -0.3 is 5.32 Å². The van der Waals surface area contributed by atoms with Crippen LogP contribution in [0.2, 0.25) is 0 Å². The SMILES string of the molecule is Cc1ccc(NC(=O)CCCn2nnc3cc(S(=O)(=O)N4CCCC4)ccc32)nc1. The minimum atomic E-state index is -3.48. The zero-order valence-electron chi connectivity index (χ0n) is 16.8. The molecule has 158 valence electrons. The second-order valence-corrected chi connectivity index (χ2v) is 9.38. The van der Waals surface area contributed by atoms with Crippen LogP contribution < -0.4 is 5.32 Å². The highest BCUT2D eigenvalue weighted by Gasteiger charge is 2.27. The van der Waals surface area contributed by atoms with Gasteiger partial charge in [0.2, 0.25) is 15.9 Å². The number of carbonyl (C=O) groups excluding carboxylic acids is 1. The van der Waals surface area contributed by atoms with E-state index in [1.165, 1.54) is 4.31 Å². The van der Waals surface area contributed by atoms with Crippen molar-refractivity contribution in [1.82, 2.24) is 24.3 Å². The van der Waals surface area contributed by atoms with Crippen LogP contribution in [0.15, 0.2) is 41.4 Å². The van der Waals surface area contributed by atoms with E-state index >= 15 is 0 Å². The Morgan fingerprint density at radius 2 is 1.97 bits per heavy atom. The van der Waals surface area contributed by atoms with Gasteiger partial charge in [-0.2, -0.15) is 4.31 Å². The molecule has 0 saturated carbocycles. The summed E-state index contributed by atoms with van der Waals surface area (Å²) in [6, 6.07) is 8.57. The van der Waals surface area contributed by atoms with Gasteiger partial charge in [-0.15, -0.1) is 5.10 Å². The van der Waals surface area contributed by atoms with Gasteiger partial charge in [0.05, 0.1) is 10.4 Å². The summed E-state index contributed by atoms with van der Waals surface area (Å²) in [6.45, 7) is 3.57. The number of fused-ring (bicyclic) bond motifs is 1. The smallest absolute Gasteiger partial charge is 0.243 e. The zero-order valence-corrected chi connectivity index (χ0v) is 17.6. The molecule has 1 aliphatic heterocycles. The van der Waals surface area contributed by atoms with E-state index in [1.807, 2.05) is 13.0 Å². The van der Waals surface area contributed by atoms with E-state index in [4.69, 9.17) is 0 Å². The average Bonchev–Trinajstić information content (AvgIpc) is 3.40. The van der Waals surface area contributed by atoms with Gasteiger partial charge in [0.15, 0.2) is 0 Å².